The molecule has 0 saturated carbocycles. The van der Waals surface area contributed by atoms with E-state index in [1.165, 1.54) is 0 Å². The summed E-state index contributed by atoms with van der Waals surface area (Å²) in [7, 11) is 0. The van der Waals surface area contributed by atoms with Gasteiger partial charge in [0.1, 0.15) is 0 Å². The fourth-order valence-electron chi connectivity index (χ4n) is 4.26. The average Bonchev–Trinajstić information content (AvgIpc) is 2.73. The Bertz CT molecular complexity index is 958. The number of carbonyl (C=O) groups is 1. The Morgan fingerprint density at radius 1 is 1.31 bits per heavy atom. The summed E-state index contributed by atoms with van der Waals surface area (Å²) in [5, 5.41) is 3.83. The van der Waals surface area contributed by atoms with E-state index in [4.69, 9.17) is 22.1 Å². The Hall–Kier alpha value is -2.57. The van der Waals surface area contributed by atoms with Gasteiger partial charge in [0.2, 0.25) is 12.2 Å². The van der Waals surface area contributed by atoms with Crippen molar-refractivity contribution in [3.8, 4) is 0 Å². The van der Waals surface area contributed by atoms with Crippen molar-refractivity contribution < 1.29 is 14.3 Å². The number of carbonyl (C=O) groups excluding carboxylic acids is 2. The van der Waals surface area contributed by atoms with E-state index in [1.54, 1.807) is 12.1 Å². The number of amides is 1. The predicted molar refractivity (Wildman–Crippen MR) is 113 cm³/mol. The van der Waals surface area contributed by atoms with E-state index < -0.39 is 11.3 Å². The molecule has 2 aliphatic rings. The topological polar surface area (TPSA) is 84.7 Å². The number of rotatable bonds is 4. The van der Waals surface area contributed by atoms with E-state index in [0.29, 0.717) is 35.9 Å². The van der Waals surface area contributed by atoms with Crippen molar-refractivity contribution in [1.82, 2.24) is 0 Å². The molecule has 2 heterocycles. The van der Waals surface area contributed by atoms with Crippen LogP contribution in [0.1, 0.15) is 29.7 Å². The second kappa shape index (κ2) is 7.69. The molecule has 0 bridgehead atoms. The Kier molecular flexibility index (Phi) is 5.23. The van der Waals surface area contributed by atoms with E-state index >= 15 is 0 Å². The SMILES string of the molecule is CC1(C(N)=O)Cc2cc(Cl)cc([C]=O)c2NC1c1cccc(N2CCOCC2)c1. The van der Waals surface area contributed by atoms with Crippen molar-refractivity contribution in [2.75, 3.05) is 36.5 Å². The lowest BCUT2D eigenvalue weighted by atomic mass is 9.70. The van der Waals surface area contributed by atoms with Gasteiger partial charge >= 0.3 is 0 Å². The third-order valence-electron chi connectivity index (χ3n) is 5.92. The van der Waals surface area contributed by atoms with Crippen LogP contribution < -0.4 is 16.0 Å². The highest BCUT2D eigenvalue weighted by Crippen LogP contribution is 2.47. The van der Waals surface area contributed by atoms with Crippen LogP contribution in [0.25, 0.3) is 0 Å². The molecule has 2 aliphatic heterocycles. The van der Waals surface area contributed by atoms with Crippen molar-refractivity contribution in [3.63, 3.8) is 0 Å². The fraction of sp³-hybridized carbons (Fsp3) is 0.364. The summed E-state index contributed by atoms with van der Waals surface area (Å²) < 4.78 is 5.44. The Morgan fingerprint density at radius 3 is 2.76 bits per heavy atom. The van der Waals surface area contributed by atoms with Gasteiger partial charge in [0.15, 0.2) is 0 Å². The lowest BCUT2D eigenvalue weighted by Gasteiger charge is -2.42. The first-order valence-corrected chi connectivity index (χ1v) is 10.00. The van der Waals surface area contributed by atoms with E-state index in [9.17, 15) is 9.59 Å². The van der Waals surface area contributed by atoms with Crippen molar-refractivity contribution >= 4 is 35.2 Å². The summed E-state index contributed by atoms with van der Waals surface area (Å²) in [5.74, 6) is -0.408. The summed E-state index contributed by atoms with van der Waals surface area (Å²) in [6, 6.07) is 11.1. The second-order valence-electron chi connectivity index (χ2n) is 7.82. The summed E-state index contributed by atoms with van der Waals surface area (Å²) in [4.78, 5) is 26.3. The maximum Gasteiger partial charge on any atom is 0.235 e. The number of primary amides is 1. The van der Waals surface area contributed by atoms with Gasteiger partial charge in [-0.25, -0.2) is 0 Å². The van der Waals surface area contributed by atoms with Gasteiger partial charge in [0.05, 0.1) is 30.2 Å². The van der Waals surface area contributed by atoms with Gasteiger partial charge < -0.3 is 20.7 Å². The highest BCUT2D eigenvalue weighted by atomic mass is 35.5. The molecule has 7 heteroatoms. The maximum atomic E-state index is 12.5. The summed E-state index contributed by atoms with van der Waals surface area (Å²) in [5.41, 5.74) is 8.78. The smallest absolute Gasteiger partial charge is 0.235 e. The highest BCUT2D eigenvalue weighted by molar-refractivity contribution is 6.31. The number of nitrogens with one attached hydrogen (secondary N) is 1. The number of hydrogen-bond acceptors (Lipinski definition) is 5. The number of ether oxygens (including phenoxy) is 1. The number of hydrogen-bond donors (Lipinski definition) is 2. The molecule has 0 aliphatic carbocycles. The van der Waals surface area contributed by atoms with Crippen molar-refractivity contribution in [1.29, 1.82) is 0 Å². The maximum absolute atomic E-state index is 12.5. The van der Waals surface area contributed by atoms with Crippen molar-refractivity contribution in [3.05, 3.63) is 58.1 Å². The minimum atomic E-state index is -0.887. The first kappa shape index (κ1) is 19.7. The number of nitrogens with two attached hydrogens (primary N) is 1. The number of halogens is 1. The molecule has 1 amide bonds. The van der Waals surface area contributed by atoms with Crippen LogP contribution in [0.5, 0.6) is 0 Å². The normalized spacial score (nSPS) is 23.8. The van der Waals surface area contributed by atoms with Gasteiger partial charge in [-0.1, -0.05) is 23.7 Å². The molecule has 4 rings (SSSR count). The zero-order chi connectivity index (χ0) is 20.6. The minimum absolute atomic E-state index is 0.355. The van der Waals surface area contributed by atoms with Crippen LogP contribution in [-0.4, -0.2) is 38.5 Å². The third kappa shape index (κ3) is 3.58. The number of nitrogens with zero attached hydrogens (tertiary/aromatic N) is 1. The van der Waals surface area contributed by atoms with Crippen LogP contribution in [0.2, 0.25) is 5.02 Å². The van der Waals surface area contributed by atoms with E-state index in [2.05, 4.69) is 22.3 Å². The third-order valence-corrected chi connectivity index (χ3v) is 6.14. The number of fused-ring (bicyclic) bond motifs is 1. The van der Waals surface area contributed by atoms with Crippen LogP contribution in [0.3, 0.4) is 0 Å². The van der Waals surface area contributed by atoms with Crippen LogP contribution in [0.4, 0.5) is 11.4 Å². The Balaban J connectivity index is 1.77. The van der Waals surface area contributed by atoms with E-state index in [0.717, 1.165) is 29.9 Å². The van der Waals surface area contributed by atoms with Gasteiger partial charge in [-0.05, 0) is 48.7 Å². The molecular formula is C22H23ClN3O3. The van der Waals surface area contributed by atoms with E-state index in [-0.39, 0.29) is 6.04 Å². The molecule has 0 aromatic heterocycles. The average molecular weight is 413 g/mol. The largest absolute Gasteiger partial charge is 0.378 e. The molecule has 6 nitrogen and oxygen atoms in total. The van der Waals surface area contributed by atoms with Crippen LogP contribution in [-0.2, 0) is 20.7 Å². The zero-order valence-corrected chi connectivity index (χ0v) is 17.0. The lowest BCUT2D eigenvalue weighted by molar-refractivity contribution is -0.127. The standard InChI is InChI=1S/C22H23ClN3O3/c1-22(21(24)28)12-15-9-17(23)10-16(13-27)19(15)25-20(22)14-3-2-4-18(11-14)26-5-7-29-8-6-26/h2-4,9-11,20,25H,5-8,12H2,1H3,(H2,24,28). The molecule has 0 spiro atoms. The Morgan fingerprint density at radius 2 is 2.07 bits per heavy atom. The highest BCUT2D eigenvalue weighted by Gasteiger charge is 2.45. The zero-order valence-electron chi connectivity index (χ0n) is 16.2. The first-order chi connectivity index (χ1) is 13.9. The molecular weight excluding hydrogens is 390 g/mol. The molecule has 151 valence electrons. The summed E-state index contributed by atoms with van der Waals surface area (Å²) >= 11 is 6.15. The molecule has 2 unspecified atom stereocenters. The van der Waals surface area contributed by atoms with Crippen molar-refractivity contribution in [2.24, 2.45) is 11.1 Å². The van der Waals surface area contributed by atoms with Crippen LogP contribution in [0.15, 0.2) is 36.4 Å². The number of anilines is 2. The second-order valence-corrected chi connectivity index (χ2v) is 8.26. The van der Waals surface area contributed by atoms with Gasteiger partial charge in [-0.2, -0.15) is 0 Å². The minimum Gasteiger partial charge on any atom is -0.378 e. The van der Waals surface area contributed by atoms with Gasteiger partial charge in [-0.3, -0.25) is 9.59 Å². The number of benzene rings is 2. The molecule has 2 atom stereocenters. The van der Waals surface area contributed by atoms with Gasteiger partial charge in [-0.15, -0.1) is 0 Å². The first-order valence-electron chi connectivity index (χ1n) is 9.62. The predicted octanol–water partition coefficient (Wildman–Crippen LogP) is 2.84. The fourth-order valence-corrected chi connectivity index (χ4v) is 4.50. The molecule has 2 aromatic rings. The molecule has 1 saturated heterocycles. The van der Waals surface area contributed by atoms with Gasteiger partial charge in [0, 0.05) is 29.5 Å². The number of morpholine rings is 1. The molecule has 2 aromatic carbocycles. The monoisotopic (exact) mass is 412 g/mol. The van der Waals surface area contributed by atoms with Crippen molar-refractivity contribution in [2.45, 2.75) is 19.4 Å². The van der Waals surface area contributed by atoms with Gasteiger partial charge in [0.25, 0.3) is 0 Å². The quantitative estimate of drug-likeness (QED) is 0.806. The Labute approximate surface area is 175 Å². The molecule has 3 N–H and O–H groups in total. The summed E-state index contributed by atoms with van der Waals surface area (Å²) in [6.45, 7) is 4.87. The van der Waals surface area contributed by atoms with Crippen LogP contribution >= 0.6 is 11.6 Å². The molecule has 1 fully saturated rings. The summed E-state index contributed by atoms with van der Waals surface area (Å²) in [6.07, 6.45) is 2.33. The molecule has 1 radical (unpaired) electrons. The molecule has 29 heavy (non-hydrogen) atoms. The van der Waals surface area contributed by atoms with Crippen LogP contribution in [0, 0.1) is 5.41 Å². The van der Waals surface area contributed by atoms with E-state index in [1.807, 2.05) is 25.3 Å². The lowest BCUT2D eigenvalue weighted by Crippen LogP contribution is -2.47.